The van der Waals surface area contributed by atoms with Crippen LogP contribution < -0.4 is 0 Å². The Kier molecular flexibility index (Phi) is 4.88. The molecule has 4 heteroatoms. The van der Waals surface area contributed by atoms with Gasteiger partial charge in [-0.25, -0.2) is 0 Å². The molecule has 1 N–H and O–H groups in total. The Morgan fingerprint density at radius 3 is 2.45 bits per heavy atom. The van der Waals surface area contributed by atoms with Crippen LogP contribution in [-0.2, 0) is 15.5 Å². The Hall–Kier alpha value is 0.0700. The second-order valence-corrected chi connectivity index (χ2v) is 3.98. The van der Waals surface area contributed by atoms with Gasteiger partial charge in [0.05, 0.1) is 6.61 Å². The van der Waals surface area contributed by atoms with Gasteiger partial charge in [0.25, 0.3) is 0 Å². The fourth-order valence-electron chi connectivity index (χ4n) is 0.566. The van der Waals surface area contributed by atoms with Gasteiger partial charge < -0.3 is 0 Å². The van der Waals surface area contributed by atoms with Crippen LogP contribution in [0, 0.1) is 5.41 Å². The third-order valence-electron chi connectivity index (χ3n) is 1.92. The Morgan fingerprint density at radius 1 is 1.55 bits per heavy atom. The molecule has 0 bridgehead atoms. The molecule has 0 saturated heterocycles. The monoisotopic (exact) mass is 180 g/mol. The lowest BCUT2D eigenvalue weighted by Crippen LogP contribution is -2.13. The Labute approximate surface area is 70.6 Å². The van der Waals surface area contributed by atoms with E-state index in [4.69, 9.17) is 4.55 Å². The molecule has 68 valence electrons. The van der Waals surface area contributed by atoms with Gasteiger partial charge in [0.2, 0.25) is 0 Å². The first-order valence-electron chi connectivity index (χ1n) is 3.72. The van der Waals surface area contributed by atoms with E-state index in [2.05, 4.69) is 25.0 Å². The summed E-state index contributed by atoms with van der Waals surface area (Å²) in [5.74, 6) is 0. The van der Waals surface area contributed by atoms with E-state index in [0.717, 1.165) is 12.8 Å². The van der Waals surface area contributed by atoms with Crippen LogP contribution in [0.5, 0.6) is 0 Å². The molecular formula is C7H16O3S. The molecule has 0 aliphatic carbocycles. The molecule has 0 aromatic carbocycles. The Balaban J connectivity index is 3.45. The van der Waals surface area contributed by atoms with Crippen LogP contribution in [0.2, 0.25) is 0 Å². The molecule has 1 unspecified atom stereocenters. The molecule has 11 heavy (non-hydrogen) atoms. The summed E-state index contributed by atoms with van der Waals surface area (Å²) < 4.78 is 22.8. The molecule has 0 heterocycles. The van der Waals surface area contributed by atoms with E-state index in [-0.39, 0.29) is 5.41 Å². The summed E-state index contributed by atoms with van der Waals surface area (Å²) in [6.07, 6.45) is 1.87. The lowest BCUT2D eigenvalue weighted by molar-refractivity contribution is 0.223. The molecule has 0 saturated carbocycles. The van der Waals surface area contributed by atoms with Crippen molar-refractivity contribution in [3.05, 3.63) is 0 Å². The smallest absolute Gasteiger partial charge is 0.284 e. The lowest BCUT2D eigenvalue weighted by atomic mass is 9.87. The average molecular weight is 180 g/mol. The van der Waals surface area contributed by atoms with Gasteiger partial charge in [0.15, 0.2) is 0 Å². The predicted molar refractivity (Wildman–Crippen MR) is 45.4 cm³/mol. The summed E-state index contributed by atoms with van der Waals surface area (Å²) in [5.41, 5.74) is 0.208. The van der Waals surface area contributed by atoms with Crippen LogP contribution in [0.25, 0.3) is 0 Å². The highest BCUT2D eigenvalue weighted by atomic mass is 32.2. The number of hydrogen-bond donors (Lipinski definition) is 1. The standard InChI is InChI=1S/C7H16O3S/c1-4-7(2,3)5-6-10-11(8)9/h4-6H2,1-3H3,(H,8,9). The second kappa shape index (κ2) is 4.85. The highest BCUT2D eigenvalue weighted by molar-refractivity contribution is 7.74. The topological polar surface area (TPSA) is 46.5 Å². The van der Waals surface area contributed by atoms with Crippen molar-refractivity contribution < 1.29 is 12.9 Å². The predicted octanol–water partition coefficient (Wildman–Crippen LogP) is 1.97. The van der Waals surface area contributed by atoms with E-state index < -0.39 is 11.4 Å². The van der Waals surface area contributed by atoms with Crippen molar-refractivity contribution in [3.8, 4) is 0 Å². The summed E-state index contributed by atoms with van der Waals surface area (Å²) in [4.78, 5) is 0. The van der Waals surface area contributed by atoms with Crippen LogP contribution in [0.1, 0.15) is 33.6 Å². The maximum Gasteiger partial charge on any atom is 0.301 e. The van der Waals surface area contributed by atoms with E-state index in [1.54, 1.807) is 0 Å². The van der Waals surface area contributed by atoms with Gasteiger partial charge in [-0.2, -0.15) is 4.21 Å². The van der Waals surface area contributed by atoms with Crippen molar-refractivity contribution in [1.29, 1.82) is 0 Å². The van der Waals surface area contributed by atoms with E-state index in [1.807, 2.05) is 0 Å². The first kappa shape index (κ1) is 11.1. The van der Waals surface area contributed by atoms with Gasteiger partial charge in [-0.1, -0.05) is 27.2 Å². The molecular weight excluding hydrogens is 164 g/mol. The van der Waals surface area contributed by atoms with Gasteiger partial charge in [-0.3, -0.25) is 8.74 Å². The van der Waals surface area contributed by atoms with Gasteiger partial charge in [0, 0.05) is 0 Å². The molecule has 0 radical (unpaired) electrons. The van der Waals surface area contributed by atoms with E-state index in [1.165, 1.54) is 0 Å². The molecule has 0 spiro atoms. The lowest BCUT2D eigenvalue weighted by Gasteiger charge is -2.21. The molecule has 0 aromatic rings. The molecule has 3 nitrogen and oxygen atoms in total. The van der Waals surface area contributed by atoms with Crippen LogP contribution in [0.4, 0.5) is 0 Å². The van der Waals surface area contributed by atoms with Crippen LogP contribution in [0.3, 0.4) is 0 Å². The second-order valence-electron chi connectivity index (χ2n) is 3.31. The summed E-state index contributed by atoms with van der Waals surface area (Å²) in [6, 6.07) is 0. The van der Waals surface area contributed by atoms with E-state index in [0.29, 0.717) is 6.61 Å². The van der Waals surface area contributed by atoms with Gasteiger partial charge >= 0.3 is 11.4 Å². The third-order valence-corrected chi connectivity index (χ3v) is 2.29. The fourth-order valence-corrected chi connectivity index (χ4v) is 0.792. The summed E-state index contributed by atoms with van der Waals surface area (Å²) in [7, 11) is 0. The molecule has 0 rings (SSSR count). The molecule has 0 fully saturated rings. The van der Waals surface area contributed by atoms with Crippen molar-refractivity contribution in [3.63, 3.8) is 0 Å². The van der Waals surface area contributed by atoms with Gasteiger partial charge in [-0.05, 0) is 11.8 Å². The zero-order chi connectivity index (χ0) is 8.91. The van der Waals surface area contributed by atoms with Crippen LogP contribution >= 0.6 is 0 Å². The fraction of sp³-hybridized carbons (Fsp3) is 1.00. The number of hydrogen-bond acceptors (Lipinski definition) is 2. The van der Waals surface area contributed by atoms with Crippen molar-refractivity contribution in [1.82, 2.24) is 0 Å². The maximum atomic E-state index is 10.1. The van der Waals surface area contributed by atoms with Crippen LogP contribution in [0.15, 0.2) is 0 Å². The molecule has 0 aliphatic rings. The van der Waals surface area contributed by atoms with E-state index in [9.17, 15) is 4.21 Å². The highest BCUT2D eigenvalue weighted by Gasteiger charge is 2.14. The van der Waals surface area contributed by atoms with Crippen molar-refractivity contribution >= 4 is 11.4 Å². The minimum absolute atomic E-state index is 0.208. The Bertz CT molecular complexity index is 134. The number of rotatable bonds is 5. The van der Waals surface area contributed by atoms with Crippen molar-refractivity contribution in [2.75, 3.05) is 6.61 Å². The zero-order valence-electron chi connectivity index (χ0n) is 7.29. The first-order valence-corrected chi connectivity index (χ1v) is 4.75. The molecule has 1 atom stereocenters. The molecule has 0 aliphatic heterocycles. The quantitative estimate of drug-likeness (QED) is 0.658. The molecule has 0 amide bonds. The normalized spacial score (nSPS) is 14.9. The minimum atomic E-state index is -2.10. The largest absolute Gasteiger partial charge is 0.301 e. The highest BCUT2D eigenvalue weighted by Crippen LogP contribution is 2.23. The minimum Gasteiger partial charge on any atom is -0.284 e. The van der Waals surface area contributed by atoms with Gasteiger partial charge in [-0.15, -0.1) is 0 Å². The summed E-state index contributed by atoms with van der Waals surface area (Å²) in [6.45, 7) is 6.66. The van der Waals surface area contributed by atoms with Crippen molar-refractivity contribution in [2.45, 2.75) is 33.6 Å². The third kappa shape index (κ3) is 6.47. The Morgan fingerprint density at radius 2 is 2.09 bits per heavy atom. The summed E-state index contributed by atoms with van der Waals surface area (Å²) in [5, 5.41) is 0. The first-order chi connectivity index (χ1) is 4.98. The summed E-state index contributed by atoms with van der Waals surface area (Å²) >= 11 is -2.10. The van der Waals surface area contributed by atoms with E-state index >= 15 is 0 Å². The molecule has 0 aromatic heterocycles. The maximum absolute atomic E-state index is 10.1. The SMILES string of the molecule is CCC(C)(C)CCOS(=O)O. The zero-order valence-corrected chi connectivity index (χ0v) is 8.11. The van der Waals surface area contributed by atoms with Gasteiger partial charge in [0.1, 0.15) is 0 Å². The van der Waals surface area contributed by atoms with Crippen molar-refractivity contribution in [2.24, 2.45) is 5.41 Å². The average Bonchev–Trinajstić information content (AvgIpc) is 1.87. The van der Waals surface area contributed by atoms with Crippen LogP contribution in [-0.4, -0.2) is 15.4 Å².